The van der Waals surface area contributed by atoms with Crippen molar-refractivity contribution in [2.24, 2.45) is 0 Å². The largest absolute Gasteiger partial charge is 0.493 e. The molecule has 1 aromatic rings. The van der Waals surface area contributed by atoms with Crippen molar-refractivity contribution in [3.8, 4) is 11.5 Å². The zero-order valence-corrected chi connectivity index (χ0v) is 14.5. The van der Waals surface area contributed by atoms with E-state index in [9.17, 15) is 0 Å². The monoisotopic (exact) mass is 345 g/mol. The van der Waals surface area contributed by atoms with Gasteiger partial charge in [0, 0.05) is 24.2 Å². The van der Waals surface area contributed by atoms with E-state index in [4.69, 9.17) is 14.2 Å². The van der Waals surface area contributed by atoms with Crippen molar-refractivity contribution >= 4 is 15.9 Å². The Morgan fingerprint density at radius 3 is 2.30 bits per heavy atom. The van der Waals surface area contributed by atoms with Gasteiger partial charge in [0.2, 0.25) is 0 Å². The summed E-state index contributed by atoms with van der Waals surface area (Å²) >= 11 is 3.56. The van der Waals surface area contributed by atoms with E-state index in [0.29, 0.717) is 6.61 Å². The molecule has 0 saturated carbocycles. The molecule has 0 aromatic heterocycles. The predicted octanol–water partition coefficient (Wildman–Crippen LogP) is 3.37. The van der Waals surface area contributed by atoms with Crippen LogP contribution in [0.5, 0.6) is 11.5 Å². The normalized spacial score (nSPS) is 11.5. The summed E-state index contributed by atoms with van der Waals surface area (Å²) in [7, 11) is 3.27. The average molecular weight is 346 g/mol. The van der Waals surface area contributed by atoms with Crippen LogP contribution in [0.4, 0.5) is 0 Å². The van der Waals surface area contributed by atoms with Crippen LogP contribution in [-0.2, 0) is 11.3 Å². The molecule has 0 saturated heterocycles. The molecule has 20 heavy (non-hydrogen) atoms. The summed E-state index contributed by atoms with van der Waals surface area (Å²) in [6.07, 6.45) is 0. The van der Waals surface area contributed by atoms with E-state index in [1.807, 2.05) is 19.1 Å². The minimum absolute atomic E-state index is 0.169. The number of methoxy groups -OCH3 is 2. The molecular weight excluding hydrogens is 322 g/mol. The summed E-state index contributed by atoms with van der Waals surface area (Å²) in [4.78, 5) is 0. The van der Waals surface area contributed by atoms with Crippen molar-refractivity contribution in [3.63, 3.8) is 0 Å². The van der Waals surface area contributed by atoms with E-state index in [1.54, 1.807) is 14.2 Å². The predicted molar refractivity (Wildman–Crippen MR) is 84.7 cm³/mol. The molecule has 114 valence electrons. The molecule has 0 aliphatic carbocycles. The van der Waals surface area contributed by atoms with Crippen LogP contribution in [0.25, 0.3) is 0 Å². The molecule has 0 aliphatic heterocycles. The maximum Gasteiger partial charge on any atom is 0.161 e. The summed E-state index contributed by atoms with van der Waals surface area (Å²) in [5, 5.41) is 3.41. The van der Waals surface area contributed by atoms with E-state index in [1.165, 1.54) is 0 Å². The molecule has 0 heterocycles. The highest BCUT2D eigenvalue weighted by Crippen LogP contribution is 2.33. The first-order valence-electron chi connectivity index (χ1n) is 6.68. The summed E-state index contributed by atoms with van der Waals surface area (Å²) in [5.74, 6) is 1.45. The summed E-state index contributed by atoms with van der Waals surface area (Å²) in [6.45, 7) is 8.39. The molecule has 0 aliphatic rings. The van der Waals surface area contributed by atoms with Gasteiger partial charge in [-0.05, 0) is 38.5 Å². The van der Waals surface area contributed by atoms with Gasteiger partial charge in [-0.2, -0.15) is 0 Å². The number of nitrogens with one attached hydrogen (secondary N) is 1. The quantitative estimate of drug-likeness (QED) is 0.784. The van der Waals surface area contributed by atoms with Crippen LogP contribution in [-0.4, -0.2) is 33.0 Å². The number of hydrogen-bond donors (Lipinski definition) is 1. The topological polar surface area (TPSA) is 39.7 Å². The highest BCUT2D eigenvalue weighted by atomic mass is 79.9. The Bertz CT molecular complexity index is 435. The third kappa shape index (κ3) is 4.96. The fourth-order valence-corrected chi connectivity index (χ4v) is 2.43. The maximum atomic E-state index is 5.66. The van der Waals surface area contributed by atoms with Crippen LogP contribution in [0.2, 0.25) is 0 Å². The smallest absolute Gasteiger partial charge is 0.161 e. The van der Waals surface area contributed by atoms with Gasteiger partial charge in [0.1, 0.15) is 0 Å². The summed E-state index contributed by atoms with van der Waals surface area (Å²) < 4.78 is 17.2. The second kappa shape index (κ2) is 7.86. The molecule has 0 radical (unpaired) electrons. The minimum Gasteiger partial charge on any atom is -0.493 e. The van der Waals surface area contributed by atoms with Gasteiger partial charge in [-0.1, -0.05) is 15.9 Å². The van der Waals surface area contributed by atoms with Crippen LogP contribution in [0.3, 0.4) is 0 Å². The van der Waals surface area contributed by atoms with Crippen molar-refractivity contribution in [1.29, 1.82) is 0 Å². The zero-order chi connectivity index (χ0) is 15.2. The second-order valence-electron chi connectivity index (χ2n) is 5.09. The van der Waals surface area contributed by atoms with E-state index < -0.39 is 0 Å². The van der Waals surface area contributed by atoms with Gasteiger partial charge in [0.15, 0.2) is 11.5 Å². The summed E-state index contributed by atoms with van der Waals surface area (Å²) in [5.41, 5.74) is 0.951. The average Bonchev–Trinajstić information content (AvgIpc) is 2.39. The number of halogens is 1. The van der Waals surface area contributed by atoms with Gasteiger partial charge < -0.3 is 19.5 Å². The number of hydrogen-bond acceptors (Lipinski definition) is 4. The van der Waals surface area contributed by atoms with Crippen LogP contribution in [0.1, 0.15) is 26.3 Å². The third-order valence-corrected chi connectivity index (χ3v) is 3.69. The fraction of sp³-hybridized carbons (Fsp3) is 0.600. The SMILES string of the molecule is CCOC(C)(C)CNCc1cc(OC)c(OC)cc1Br. The Morgan fingerprint density at radius 2 is 1.75 bits per heavy atom. The van der Waals surface area contributed by atoms with Crippen molar-refractivity contribution in [2.45, 2.75) is 32.9 Å². The molecule has 0 bridgehead atoms. The standard InChI is InChI=1S/C15H24BrNO3/c1-6-20-15(2,3)10-17-9-11-7-13(18-4)14(19-5)8-12(11)16/h7-8,17H,6,9-10H2,1-5H3. The van der Waals surface area contributed by atoms with Crippen molar-refractivity contribution in [3.05, 3.63) is 22.2 Å². The first-order chi connectivity index (χ1) is 9.43. The Morgan fingerprint density at radius 1 is 1.15 bits per heavy atom. The molecule has 0 amide bonds. The van der Waals surface area contributed by atoms with E-state index >= 15 is 0 Å². The van der Waals surface area contributed by atoms with Gasteiger partial charge in [-0.15, -0.1) is 0 Å². The van der Waals surface area contributed by atoms with Crippen LogP contribution < -0.4 is 14.8 Å². The van der Waals surface area contributed by atoms with E-state index in [0.717, 1.165) is 34.6 Å². The Labute approximate surface area is 129 Å². The molecular formula is C15H24BrNO3. The zero-order valence-electron chi connectivity index (χ0n) is 12.9. The lowest BCUT2D eigenvalue weighted by Gasteiger charge is -2.25. The maximum absolute atomic E-state index is 5.66. The lowest BCUT2D eigenvalue weighted by atomic mass is 10.1. The number of benzene rings is 1. The number of rotatable bonds is 8. The van der Waals surface area contributed by atoms with Crippen molar-refractivity contribution in [2.75, 3.05) is 27.4 Å². The molecule has 1 N–H and O–H groups in total. The minimum atomic E-state index is -0.169. The van der Waals surface area contributed by atoms with E-state index in [-0.39, 0.29) is 5.60 Å². The Kier molecular flexibility index (Phi) is 6.79. The lowest BCUT2D eigenvalue weighted by molar-refractivity contribution is -0.00898. The Balaban J connectivity index is 2.69. The van der Waals surface area contributed by atoms with Gasteiger partial charge in [0.25, 0.3) is 0 Å². The molecule has 4 nitrogen and oxygen atoms in total. The first kappa shape index (κ1) is 17.3. The molecule has 1 rings (SSSR count). The summed E-state index contributed by atoms with van der Waals surface area (Å²) in [6, 6.07) is 3.90. The lowest BCUT2D eigenvalue weighted by Crippen LogP contribution is -2.37. The van der Waals surface area contributed by atoms with Crippen molar-refractivity contribution in [1.82, 2.24) is 5.32 Å². The molecule has 5 heteroatoms. The van der Waals surface area contributed by atoms with Crippen LogP contribution in [0, 0.1) is 0 Å². The molecule has 0 atom stereocenters. The van der Waals surface area contributed by atoms with Gasteiger partial charge in [0.05, 0.1) is 19.8 Å². The highest BCUT2D eigenvalue weighted by molar-refractivity contribution is 9.10. The molecule has 0 fully saturated rings. The highest BCUT2D eigenvalue weighted by Gasteiger charge is 2.17. The number of ether oxygens (including phenoxy) is 3. The molecule has 1 aromatic carbocycles. The fourth-order valence-electron chi connectivity index (χ4n) is 1.97. The first-order valence-corrected chi connectivity index (χ1v) is 7.48. The van der Waals surface area contributed by atoms with Gasteiger partial charge in [-0.3, -0.25) is 0 Å². The van der Waals surface area contributed by atoms with Crippen LogP contribution in [0.15, 0.2) is 16.6 Å². The Hall–Kier alpha value is -0.780. The third-order valence-electron chi connectivity index (χ3n) is 2.95. The molecule has 0 spiro atoms. The molecule has 0 unspecified atom stereocenters. The van der Waals surface area contributed by atoms with Gasteiger partial charge in [-0.25, -0.2) is 0 Å². The van der Waals surface area contributed by atoms with E-state index in [2.05, 4.69) is 35.1 Å². The van der Waals surface area contributed by atoms with Crippen molar-refractivity contribution < 1.29 is 14.2 Å². The van der Waals surface area contributed by atoms with Gasteiger partial charge >= 0.3 is 0 Å². The van der Waals surface area contributed by atoms with Crippen LogP contribution >= 0.6 is 15.9 Å². The second-order valence-corrected chi connectivity index (χ2v) is 5.95.